The van der Waals surface area contributed by atoms with Crippen molar-refractivity contribution in [2.24, 2.45) is 0 Å². The largest absolute Gasteiger partial charge is 0.315 e. The number of nitrogens with zero attached hydrogens (tertiary/aromatic N) is 3. The van der Waals surface area contributed by atoms with Gasteiger partial charge in [-0.25, -0.2) is 0 Å². The minimum absolute atomic E-state index is 0.632. The van der Waals surface area contributed by atoms with Crippen molar-refractivity contribution >= 4 is 0 Å². The molecule has 17 heavy (non-hydrogen) atoms. The quantitative estimate of drug-likeness (QED) is 0.800. The molecule has 92 valence electrons. The van der Waals surface area contributed by atoms with Gasteiger partial charge in [-0.3, -0.25) is 0 Å². The van der Waals surface area contributed by atoms with E-state index in [0.717, 1.165) is 19.0 Å². The third-order valence-corrected chi connectivity index (χ3v) is 4.77. The van der Waals surface area contributed by atoms with Crippen LogP contribution in [0.5, 0.6) is 0 Å². The predicted molar refractivity (Wildman–Crippen MR) is 64.9 cm³/mol. The Morgan fingerprint density at radius 3 is 2.94 bits per heavy atom. The smallest absolute Gasteiger partial charge is 0.137 e. The lowest BCUT2D eigenvalue weighted by Gasteiger charge is -2.20. The van der Waals surface area contributed by atoms with Crippen LogP contribution in [0.3, 0.4) is 0 Å². The zero-order chi connectivity index (χ0) is 11.2. The van der Waals surface area contributed by atoms with Crippen LogP contribution in [0.4, 0.5) is 0 Å². The SMILES string of the molecule is C1CCc2nnc(C3CC4CCC3N4)n2CC1. The molecule has 0 radical (unpaired) electrons. The average Bonchev–Trinajstić information content (AvgIpc) is 3.01. The Balaban J connectivity index is 1.67. The molecule has 4 rings (SSSR count). The van der Waals surface area contributed by atoms with Crippen LogP contribution in [0.2, 0.25) is 0 Å². The van der Waals surface area contributed by atoms with E-state index in [9.17, 15) is 0 Å². The fourth-order valence-electron chi connectivity index (χ4n) is 3.89. The molecule has 3 unspecified atom stereocenters. The van der Waals surface area contributed by atoms with Gasteiger partial charge in [-0.15, -0.1) is 10.2 Å². The van der Waals surface area contributed by atoms with Gasteiger partial charge in [-0.05, 0) is 32.1 Å². The molecule has 1 aromatic rings. The Bertz CT molecular complexity index is 425. The van der Waals surface area contributed by atoms with Gasteiger partial charge in [0.15, 0.2) is 0 Å². The fourth-order valence-corrected chi connectivity index (χ4v) is 3.89. The average molecular weight is 232 g/mol. The Labute approximate surface area is 102 Å². The number of fused-ring (bicyclic) bond motifs is 3. The maximum Gasteiger partial charge on any atom is 0.137 e. The number of hydrogen-bond acceptors (Lipinski definition) is 3. The summed E-state index contributed by atoms with van der Waals surface area (Å²) in [6.07, 6.45) is 9.03. The van der Waals surface area contributed by atoms with E-state index in [0.29, 0.717) is 12.0 Å². The Morgan fingerprint density at radius 2 is 2.12 bits per heavy atom. The molecule has 4 heterocycles. The lowest BCUT2D eigenvalue weighted by atomic mass is 9.88. The van der Waals surface area contributed by atoms with Crippen LogP contribution in [0.15, 0.2) is 0 Å². The van der Waals surface area contributed by atoms with Crippen molar-refractivity contribution in [2.75, 3.05) is 0 Å². The summed E-state index contributed by atoms with van der Waals surface area (Å²) >= 11 is 0. The van der Waals surface area contributed by atoms with Crippen molar-refractivity contribution in [2.45, 2.75) is 69.5 Å². The topological polar surface area (TPSA) is 42.7 Å². The highest BCUT2D eigenvalue weighted by molar-refractivity contribution is 5.14. The normalized spacial score (nSPS) is 35.9. The molecule has 3 aliphatic rings. The summed E-state index contributed by atoms with van der Waals surface area (Å²) in [7, 11) is 0. The summed E-state index contributed by atoms with van der Waals surface area (Å²) in [6, 6.07) is 1.43. The third kappa shape index (κ3) is 1.53. The van der Waals surface area contributed by atoms with Crippen molar-refractivity contribution < 1.29 is 0 Å². The molecular weight excluding hydrogens is 212 g/mol. The number of rotatable bonds is 1. The number of nitrogens with one attached hydrogen (secondary N) is 1. The molecule has 1 N–H and O–H groups in total. The predicted octanol–water partition coefficient (Wildman–Crippen LogP) is 1.61. The van der Waals surface area contributed by atoms with Crippen LogP contribution in [-0.4, -0.2) is 26.8 Å². The van der Waals surface area contributed by atoms with Crippen LogP contribution < -0.4 is 5.32 Å². The fraction of sp³-hybridized carbons (Fsp3) is 0.846. The standard InChI is InChI=1S/C13H20N4/c1-2-4-12-15-16-13(17(12)7-3-1)10-8-9-5-6-11(10)14-9/h9-11,14H,1-8H2. The second-order valence-corrected chi connectivity index (χ2v) is 5.83. The molecular formula is C13H20N4. The van der Waals surface area contributed by atoms with Crippen molar-refractivity contribution in [3.05, 3.63) is 11.6 Å². The molecule has 0 aliphatic carbocycles. The molecule has 0 spiro atoms. The third-order valence-electron chi connectivity index (χ3n) is 4.77. The summed E-state index contributed by atoms with van der Waals surface area (Å²) in [5.74, 6) is 3.15. The number of aryl methyl sites for hydroxylation is 1. The number of hydrogen-bond donors (Lipinski definition) is 1. The zero-order valence-electron chi connectivity index (χ0n) is 10.2. The minimum atomic E-state index is 0.632. The maximum atomic E-state index is 4.51. The van der Waals surface area contributed by atoms with Gasteiger partial charge in [0, 0.05) is 31.0 Å². The first-order chi connectivity index (χ1) is 8.42. The molecule has 3 aliphatic heterocycles. The summed E-state index contributed by atoms with van der Waals surface area (Å²) in [5.41, 5.74) is 0. The summed E-state index contributed by atoms with van der Waals surface area (Å²) < 4.78 is 2.43. The summed E-state index contributed by atoms with van der Waals surface area (Å²) in [6.45, 7) is 1.14. The first-order valence-corrected chi connectivity index (χ1v) is 7.10. The van der Waals surface area contributed by atoms with E-state index in [1.165, 1.54) is 50.2 Å². The van der Waals surface area contributed by atoms with E-state index < -0.39 is 0 Å². The first kappa shape index (κ1) is 10.1. The lowest BCUT2D eigenvalue weighted by Crippen LogP contribution is -2.24. The Kier molecular flexibility index (Phi) is 2.25. The molecule has 2 fully saturated rings. The van der Waals surface area contributed by atoms with Gasteiger partial charge in [0.2, 0.25) is 0 Å². The van der Waals surface area contributed by atoms with Gasteiger partial charge in [0.05, 0.1) is 0 Å². The van der Waals surface area contributed by atoms with E-state index in [4.69, 9.17) is 0 Å². The Morgan fingerprint density at radius 1 is 1.12 bits per heavy atom. The van der Waals surface area contributed by atoms with Crippen LogP contribution >= 0.6 is 0 Å². The summed E-state index contributed by atoms with van der Waals surface area (Å²) in [4.78, 5) is 0. The monoisotopic (exact) mass is 232 g/mol. The molecule has 2 bridgehead atoms. The molecule has 0 aromatic carbocycles. The highest BCUT2D eigenvalue weighted by Gasteiger charge is 2.42. The van der Waals surface area contributed by atoms with Crippen LogP contribution in [0.1, 0.15) is 56.1 Å². The molecule has 1 aromatic heterocycles. The highest BCUT2D eigenvalue weighted by Crippen LogP contribution is 2.39. The van der Waals surface area contributed by atoms with Gasteiger partial charge < -0.3 is 9.88 Å². The Hall–Kier alpha value is -0.900. The maximum absolute atomic E-state index is 4.51. The van der Waals surface area contributed by atoms with Gasteiger partial charge >= 0.3 is 0 Å². The molecule has 0 amide bonds. The van der Waals surface area contributed by atoms with Gasteiger partial charge in [0.1, 0.15) is 11.6 Å². The first-order valence-electron chi connectivity index (χ1n) is 7.10. The van der Waals surface area contributed by atoms with Gasteiger partial charge in [-0.1, -0.05) is 6.42 Å². The van der Waals surface area contributed by atoms with E-state index >= 15 is 0 Å². The molecule has 2 saturated heterocycles. The zero-order valence-corrected chi connectivity index (χ0v) is 10.2. The van der Waals surface area contributed by atoms with Gasteiger partial charge in [-0.2, -0.15) is 0 Å². The minimum Gasteiger partial charge on any atom is -0.315 e. The molecule has 4 nitrogen and oxygen atoms in total. The second-order valence-electron chi connectivity index (χ2n) is 5.83. The summed E-state index contributed by atoms with van der Waals surface area (Å²) in [5, 5.41) is 12.7. The molecule has 0 saturated carbocycles. The van der Waals surface area contributed by atoms with E-state index in [1.807, 2.05) is 0 Å². The van der Waals surface area contributed by atoms with Crippen LogP contribution in [-0.2, 0) is 13.0 Å². The van der Waals surface area contributed by atoms with Gasteiger partial charge in [0.25, 0.3) is 0 Å². The van der Waals surface area contributed by atoms with E-state index in [2.05, 4.69) is 20.1 Å². The van der Waals surface area contributed by atoms with Crippen molar-refractivity contribution in [3.8, 4) is 0 Å². The van der Waals surface area contributed by atoms with E-state index in [-0.39, 0.29) is 0 Å². The molecule has 4 heteroatoms. The van der Waals surface area contributed by atoms with E-state index in [1.54, 1.807) is 0 Å². The van der Waals surface area contributed by atoms with Crippen molar-refractivity contribution in [3.63, 3.8) is 0 Å². The number of aromatic nitrogens is 3. The molecule has 3 atom stereocenters. The second kappa shape index (κ2) is 3.80. The van der Waals surface area contributed by atoms with Crippen molar-refractivity contribution in [1.82, 2.24) is 20.1 Å². The van der Waals surface area contributed by atoms with Crippen LogP contribution in [0, 0.1) is 0 Å². The highest BCUT2D eigenvalue weighted by atomic mass is 15.3. The van der Waals surface area contributed by atoms with Crippen LogP contribution in [0.25, 0.3) is 0 Å². The lowest BCUT2D eigenvalue weighted by molar-refractivity contribution is 0.461. The van der Waals surface area contributed by atoms with Crippen molar-refractivity contribution in [1.29, 1.82) is 0 Å².